The Hall–Kier alpha value is -3.00. The van der Waals surface area contributed by atoms with Crippen molar-refractivity contribution in [3.05, 3.63) is 41.5 Å². The van der Waals surface area contributed by atoms with Gasteiger partial charge in [0.1, 0.15) is 72.2 Å². The third-order valence-corrected chi connectivity index (χ3v) is 7.73. The first-order valence-corrected chi connectivity index (χ1v) is 13.4. The molecule has 11 N–H and O–H groups in total. The fourth-order valence-electron chi connectivity index (χ4n) is 5.30. The van der Waals surface area contributed by atoms with Crippen molar-refractivity contribution >= 4 is 0 Å². The summed E-state index contributed by atoms with van der Waals surface area (Å²) in [4.78, 5) is 0. The van der Waals surface area contributed by atoms with E-state index in [0.29, 0.717) is 0 Å². The first kappa shape index (κ1) is 31.4. The first-order chi connectivity index (χ1) is 20.4. The molecule has 2 fully saturated rings. The number of phenolic OH excluding ortho intramolecular Hbond substituents is 3. The second-order valence-electron chi connectivity index (χ2n) is 10.6. The number of aliphatic hydroxyl groups excluding tert-OH is 8. The van der Waals surface area contributed by atoms with E-state index in [1.165, 1.54) is 24.3 Å². The van der Waals surface area contributed by atoms with E-state index in [9.17, 15) is 56.2 Å². The molecule has 0 spiro atoms. The Kier molecular flexibility index (Phi) is 9.17. The molecule has 2 aromatic carbocycles. The van der Waals surface area contributed by atoms with Crippen LogP contribution in [0, 0.1) is 0 Å². The van der Waals surface area contributed by atoms with Crippen LogP contribution >= 0.6 is 0 Å². The lowest BCUT2D eigenvalue weighted by molar-refractivity contribution is -0.317. The van der Waals surface area contributed by atoms with Crippen LogP contribution < -0.4 is 9.47 Å². The van der Waals surface area contributed by atoms with Gasteiger partial charge in [0.2, 0.25) is 6.29 Å². The molecule has 5 rings (SSSR count). The summed E-state index contributed by atoms with van der Waals surface area (Å²) in [6, 6.07) is 6.21. The highest BCUT2D eigenvalue weighted by atomic mass is 16.7. The topological polar surface area (TPSA) is 269 Å². The van der Waals surface area contributed by atoms with Crippen molar-refractivity contribution in [1.29, 1.82) is 0 Å². The molecule has 0 bridgehead atoms. The van der Waals surface area contributed by atoms with Gasteiger partial charge in [-0.2, -0.15) is 0 Å². The molecule has 3 heterocycles. The summed E-state index contributed by atoms with van der Waals surface area (Å²) < 4.78 is 28.9. The van der Waals surface area contributed by atoms with E-state index in [1.807, 2.05) is 0 Å². The summed E-state index contributed by atoms with van der Waals surface area (Å²) in [5.41, 5.74) is 0.499. The lowest BCUT2D eigenvalue weighted by Crippen LogP contribution is -2.60. The Morgan fingerprint density at radius 2 is 1.30 bits per heavy atom. The highest BCUT2D eigenvalue weighted by Crippen LogP contribution is 2.45. The molecule has 0 radical (unpaired) electrons. The number of benzene rings is 2. The van der Waals surface area contributed by atoms with Gasteiger partial charge in [-0.25, -0.2) is 0 Å². The molecule has 43 heavy (non-hydrogen) atoms. The second kappa shape index (κ2) is 12.5. The molecule has 2 aromatic rings. The Morgan fingerprint density at radius 3 is 1.91 bits per heavy atom. The third kappa shape index (κ3) is 6.04. The van der Waals surface area contributed by atoms with Gasteiger partial charge in [0.25, 0.3) is 0 Å². The van der Waals surface area contributed by atoms with Gasteiger partial charge in [0.15, 0.2) is 23.9 Å². The fraction of sp³-hybridized carbons (Fsp3) is 0.556. The number of ether oxygens (including phenoxy) is 5. The van der Waals surface area contributed by atoms with Gasteiger partial charge in [-0.05, 0) is 17.7 Å². The molecule has 0 aromatic heterocycles. The van der Waals surface area contributed by atoms with Gasteiger partial charge in [-0.1, -0.05) is 6.07 Å². The smallest absolute Gasteiger partial charge is 0.229 e. The third-order valence-electron chi connectivity index (χ3n) is 7.73. The molecular weight excluding hydrogens is 580 g/mol. The molecule has 16 heteroatoms. The fourth-order valence-corrected chi connectivity index (χ4v) is 5.30. The monoisotopic (exact) mass is 614 g/mol. The van der Waals surface area contributed by atoms with Crippen LogP contribution in [0.25, 0.3) is 0 Å². The zero-order chi connectivity index (χ0) is 31.2. The molecule has 0 aliphatic carbocycles. The number of phenols is 3. The largest absolute Gasteiger partial charge is 0.508 e. The van der Waals surface area contributed by atoms with Crippen LogP contribution in [0.1, 0.15) is 17.2 Å². The van der Waals surface area contributed by atoms with Gasteiger partial charge < -0.3 is 79.9 Å². The molecule has 238 valence electrons. The average molecular weight is 615 g/mol. The quantitative estimate of drug-likeness (QED) is 0.137. The van der Waals surface area contributed by atoms with Crippen LogP contribution in [0.5, 0.6) is 28.7 Å². The van der Waals surface area contributed by atoms with Gasteiger partial charge in [-0.15, -0.1) is 0 Å². The summed E-state index contributed by atoms with van der Waals surface area (Å²) in [6.45, 7) is -1.41. The van der Waals surface area contributed by atoms with Crippen molar-refractivity contribution in [2.45, 2.75) is 80.0 Å². The van der Waals surface area contributed by atoms with Crippen molar-refractivity contribution in [3.8, 4) is 28.7 Å². The van der Waals surface area contributed by atoms with E-state index >= 15 is 0 Å². The van der Waals surface area contributed by atoms with E-state index in [2.05, 4.69) is 0 Å². The van der Waals surface area contributed by atoms with Crippen LogP contribution in [0.4, 0.5) is 0 Å². The molecule has 2 saturated heterocycles. The lowest BCUT2D eigenvalue weighted by atomic mass is 9.93. The van der Waals surface area contributed by atoms with Crippen LogP contribution in [0.3, 0.4) is 0 Å². The van der Waals surface area contributed by atoms with Gasteiger partial charge in [-0.3, -0.25) is 0 Å². The molecule has 3 aliphatic rings. The van der Waals surface area contributed by atoms with Crippen molar-refractivity contribution < 1.29 is 79.9 Å². The number of rotatable bonds is 7. The molecule has 12 atom stereocenters. The molecule has 16 nitrogen and oxygen atoms in total. The predicted molar refractivity (Wildman–Crippen MR) is 138 cm³/mol. The van der Waals surface area contributed by atoms with Gasteiger partial charge in [0.05, 0.1) is 13.2 Å². The van der Waals surface area contributed by atoms with Crippen LogP contribution in [0.2, 0.25) is 0 Å². The van der Waals surface area contributed by atoms with Gasteiger partial charge in [0, 0.05) is 24.1 Å². The number of aliphatic hydroxyl groups is 8. The zero-order valence-electron chi connectivity index (χ0n) is 22.4. The maximum Gasteiger partial charge on any atom is 0.229 e. The van der Waals surface area contributed by atoms with E-state index in [1.54, 1.807) is 0 Å². The minimum atomic E-state index is -1.77. The SMILES string of the molecule is OC[C@H]1OC(Oc2cc(O)cc3c2CC(OC2O[C@H](CO)[C@@H](O)[C@H](O)[C@H]2O)C(c2ccc(O)c(O)c2)O3)[C@H](O)[C@@H](O)[C@@H]1O. The highest BCUT2D eigenvalue weighted by Gasteiger charge is 2.48. The Balaban J connectivity index is 1.50. The zero-order valence-corrected chi connectivity index (χ0v) is 22.4. The van der Waals surface area contributed by atoms with E-state index < -0.39 is 98.3 Å². The average Bonchev–Trinajstić information content (AvgIpc) is 2.98. The molecule has 3 aliphatic heterocycles. The summed E-state index contributed by atoms with van der Waals surface area (Å²) in [6.07, 6.45) is -18.4. The number of hydrogen-bond donors (Lipinski definition) is 11. The van der Waals surface area contributed by atoms with E-state index in [-0.39, 0.29) is 34.8 Å². The lowest BCUT2D eigenvalue weighted by Gasteiger charge is -2.43. The summed E-state index contributed by atoms with van der Waals surface area (Å²) in [5.74, 6) is -1.32. The molecule has 0 amide bonds. The maximum absolute atomic E-state index is 10.6. The van der Waals surface area contributed by atoms with Crippen molar-refractivity contribution in [3.63, 3.8) is 0 Å². The summed E-state index contributed by atoms with van der Waals surface area (Å²) in [7, 11) is 0. The highest BCUT2D eigenvalue weighted by molar-refractivity contribution is 5.53. The van der Waals surface area contributed by atoms with E-state index in [4.69, 9.17) is 23.7 Å². The van der Waals surface area contributed by atoms with Crippen LogP contribution in [0.15, 0.2) is 30.3 Å². The first-order valence-electron chi connectivity index (χ1n) is 13.4. The predicted octanol–water partition coefficient (Wildman–Crippen LogP) is -3.16. The van der Waals surface area contributed by atoms with Crippen molar-refractivity contribution in [2.24, 2.45) is 0 Å². The number of aromatic hydroxyl groups is 3. The molecular formula is C27H34O16. The van der Waals surface area contributed by atoms with Crippen molar-refractivity contribution in [2.75, 3.05) is 13.2 Å². The minimum Gasteiger partial charge on any atom is -0.508 e. The van der Waals surface area contributed by atoms with Crippen molar-refractivity contribution in [1.82, 2.24) is 0 Å². The standard InChI is InChI=1S/C27H34O16/c28-7-17-19(33)21(35)23(37)26(42-17)40-15-5-10(30)4-14-11(15)6-16(25(39-14)9-1-2-12(31)13(32)3-9)41-27-24(38)22(36)20(34)18(8-29)43-27/h1-5,16-38H,6-8H2/t16?,17-,18-,19-,20-,21+,22+,23-,24-,25?,26?,27?/m1/s1. The Bertz CT molecular complexity index is 1270. The maximum atomic E-state index is 10.6. The number of fused-ring (bicyclic) bond motifs is 1. The van der Waals surface area contributed by atoms with Gasteiger partial charge >= 0.3 is 0 Å². The van der Waals surface area contributed by atoms with E-state index in [0.717, 1.165) is 6.07 Å². The Labute approximate surface area is 243 Å². The summed E-state index contributed by atoms with van der Waals surface area (Å²) >= 11 is 0. The van der Waals surface area contributed by atoms with Crippen LogP contribution in [-0.4, -0.2) is 137 Å². The molecule has 4 unspecified atom stereocenters. The Morgan fingerprint density at radius 1 is 0.698 bits per heavy atom. The molecule has 0 saturated carbocycles. The minimum absolute atomic E-state index is 0.0470. The summed E-state index contributed by atoms with van der Waals surface area (Å²) in [5, 5.41) is 111. The number of hydrogen-bond acceptors (Lipinski definition) is 16. The van der Waals surface area contributed by atoms with Crippen LogP contribution in [-0.2, 0) is 20.6 Å². The normalized spacial score (nSPS) is 37.8. The second-order valence-corrected chi connectivity index (χ2v) is 10.6.